The summed E-state index contributed by atoms with van der Waals surface area (Å²) in [5.74, 6) is 0.821. The third-order valence-corrected chi connectivity index (χ3v) is 3.37. The second kappa shape index (κ2) is 10.0. The van der Waals surface area contributed by atoms with Gasteiger partial charge in [-0.05, 0) is 34.5 Å². The van der Waals surface area contributed by atoms with Gasteiger partial charge in [0.05, 0.1) is 20.3 Å². The van der Waals surface area contributed by atoms with Crippen LogP contribution in [0.1, 0.15) is 5.56 Å². The van der Waals surface area contributed by atoms with Crippen LogP contribution in [0, 0.1) is 0 Å². The Bertz CT molecular complexity index is 634. The van der Waals surface area contributed by atoms with E-state index in [1.807, 2.05) is 30.3 Å². The van der Waals surface area contributed by atoms with Gasteiger partial charge < -0.3 is 20.1 Å². The summed E-state index contributed by atoms with van der Waals surface area (Å²) in [6.45, 7) is 2.09. The number of rotatable bonds is 8. The lowest BCUT2D eigenvalue weighted by Gasteiger charge is -2.08. The molecule has 2 rings (SSSR count). The van der Waals surface area contributed by atoms with Crippen LogP contribution in [-0.4, -0.2) is 39.8 Å². The van der Waals surface area contributed by atoms with Crippen molar-refractivity contribution >= 4 is 29.1 Å². The van der Waals surface area contributed by atoms with E-state index < -0.39 is 0 Å². The van der Waals surface area contributed by atoms with Gasteiger partial charge in [0.25, 0.3) is 0 Å². The molecule has 0 saturated carbocycles. The molecule has 0 saturated heterocycles. The van der Waals surface area contributed by atoms with Crippen molar-refractivity contribution in [2.45, 2.75) is 6.54 Å². The van der Waals surface area contributed by atoms with Crippen LogP contribution in [0.4, 0.5) is 0 Å². The number of nitrogens with one attached hydrogen (secondary N) is 2. The summed E-state index contributed by atoms with van der Waals surface area (Å²) < 4.78 is 10.1. The van der Waals surface area contributed by atoms with Gasteiger partial charge in [-0.25, -0.2) is 0 Å². The van der Waals surface area contributed by atoms with Crippen LogP contribution < -0.4 is 15.4 Å². The number of amides is 1. The van der Waals surface area contributed by atoms with Crippen molar-refractivity contribution in [3.63, 3.8) is 0 Å². The number of hydrogen-bond donors (Lipinski definition) is 2. The molecule has 23 heavy (non-hydrogen) atoms. The van der Waals surface area contributed by atoms with Gasteiger partial charge in [0.2, 0.25) is 5.91 Å². The minimum atomic E-state index is -0.0223. The molecule has 2 N–H and O–H groups in total. The Hall–Kier alpha value is -1.82. The fourth-order valence-electron chi connectivity index (χ4n) is 2.15. The number of methoxy groups -OCH3 is 2. The largest absolute Gasteiger partial charge is 0.497 e. The zero-order chi connectivity index (χ0) is 15.8. The first-order valence-electron chi connectivity index (χ1n) is 7.26. The van der Waals surface area contributed by atoms with Crippen molar-refractivity contribution in [1.29, 1.82) is 0 Å². The molecule has 0 heterocycles. The van der Waals surface area contributed by atoms with Gasteiger partial charge in [0.1, 0.15) is 5.75 Å². The number of ether oxygens (including phenoxy) is 2. The SMILES string of the molecule is COCCNCC(=O)NCc1ccc2cc(OC)ccc2c1.Cl. The predicted molar refractivity (Wildman–Crippen MR) is 94.3 cm³/mol. The summed E-state index contributed by atoms with van der Waals surface area (Å²) in [5, 5.41) is 8.16. The molecular weight excluding hydrogens is 316 g/mol. The summed E-state index contributed by atoms with van der Waals surface area (Å²) in [5.41, 5.74) is 1.07. The summed E-state index contributed by atoms with van der Waals surface area (Å²) in [4.78, 5) is 11.7. The molecule has 0 atom stereocenters. The Labute approximate surface area is 142 Å². The monoisotopic (exact) mass is 338 g/mol. The number of benzene rings is 2. The number of halogens is 1. The molecule has 1 amide bonds. The zero-order valence-corrected chi connectivity index (χ0v) is 14.2. The van der Waals surface area contributed by atoms with Crippen molar-refractivity contribution in [1.82, 2.24) is 10.6 Å². The third kappa shape index (κ3) is 6.06. The number of carbonyl (C=O) groups is 1. The highest BCUT2D eigenvalue weighted by Gasteiger charge is 2.02. The maximum absolute atomic E-state index is 11.7. The first-order valence-corrected chi connectivity index (χ1v) is 7.26. The molecule has 0 aliphatic rings. The van der Waals surface area contributed by atoms with Gasteiger partial charge >= 0.3 is 0 Å². The minimum absolute atomic E-state index is 0. The van der Waals surface area contributed by atoms with Crippen LogP contribution in [0.2, 0.25) is 0 Å². The van der Waals surface area contributed by atoms with Crippen LogP contribution in [0.3, 0.4) is 0 Å². The first kappa shape index (κ1) is 19.2. The van der Waals surface area contributed by atoms with Crippen molar-refractivity contribution in [2.24, 2.45) is 0 Å². The van der Waals surface area contributed by atoms with E-state index in [4.69, 9.17) is 9.47 Å². The quantitative estimate of drug-likeness (QED) is 0.724. The van der Waals surface area contributed by atoms with E-state index in [9.17, 15) is 4.79 Å². The Kier molecular flexibility index (Phi) is 8.40. The summed E-state index contributed by atoms with van der Waals surface area (Å²) in [7, 11) is 3.29. The first-order chi connectivity index (χ1) is 10.7. The Morgan fingerprint density at radius 3 is 2.57 bits per heavy atom. The molecule has 2 aromatic carbocycles. The molecule has 0 fully saturated rings. The molecule has 0 aliphatic heterocycles. The molecule has 0 unspecified atom stereocenters. The molecule has 0 bridgehead atoms. The Balaban J connectivity index is 0.00000264. The molecule has 0 spiro atoms. The van der Waals surface area contributed by atoms with Gasteiger partial charge in [-0.2, -0.15) is 0 Å². The highest BCUT2D eigenvalue weighted by Crippen LogP contribution is 2.21. The minimum Gasteiger partial charge on any atom is -0.497 e. The van der Waals surface area contributed by atoms with Crippen molar-refractivity contribution in [3.8, 4) is 5.75 Å². The number of hydrogen-bond acceptors (Lipinski definition) is 4. The smallest absolute Gasteiger partial charge is 0.234 e. The van der Waals surface area contributed by atoms with Gasteiger partial charge in [0.15, 0.2) is 0 Å². The predicted octanol–water partition coefficient (Wildman–Crippen LogP) is 2.12. The van der Waals surface area contributed by atoms with Gasteiger partial charge in [-0.3, -0.25) is 4.79 Å². The van der Waals surface area contributed by atoms with Crippen LogP contribution in [0.15, 0.2) is 36.4 Å². The lowest BCUT2D eigenvalue weighted by atomic mass is 10.1. The topological polar surface area (TPSA) is 59.6 Å². The van der Waals surface area contributed by atoms with Crippen LogP contribution in [0.25, 0.3) is 10.8 Å². The summed E-state index contributed by atoms with van der Waals surface area (Å²) >= 11 is 0. The number of fused-ring (bicyclic) bond motifs is 1. The summed E-state index contributed by atoms with van der Waals surface area (Å²) in [6.07, 6.45) is 0. The summed E-state index contributed by atoms with van der Waals surface area (Å²) in [6, 6.07) is 12.1. The van der Waals surface area contributed by atoms with Crippen molar-refractivity contribution < 1.29 is 14.3 Å². The second-order valence-electron chi connectivity index (χ2n) is 4.99. The highest BCUT2D eigenvalue weighted by molar-refractivity contribution is 5.85. The average molecular weight is 339 g/mol. The van der Waals surface area contributed by atoms with E-state index >= 15 is 0 Å². The Morgan fingerprint density at radius 2 is 1.83 bits per heavy atom. The second-order valence-corrected chi connectivity index (χ2v) is 4.99. The molecule has 2 aromatic rings. The van der Waals surface area contributed by atoms with Gasteiger partial charge in [-0.1, -0.05) is 18.2 Å². The van der Waals surface area contributed by atoms with Crippen molar-refractivity contribution in [3.05, 3.63) is 42.0 Å². The lowest BCUT2D eigenvalue weighted by molar-refractivity contribution is -0.120. The van der Waals surface area contributed by atoms with Crippen LogP contribution in [0.5, 0.6) is 5.75 Å². The van der Waals surface area contributed by atoms with E-state index in [2.05, 4.69) is 16.7 Å². The average Bonchev–Trinajstić information content (AvgIpc) is 2.56. The molecule has 0 aliphatic carbocycles. The maximum Gasteiger partial charge on any atom is 0.234 e. The molecule has 5 nitrogen and oxygen atoms in total. The van der Waals surface area contributed by atoms with Crippen LogP contribution >= 0.6 is 12.4 Å². The van der Waals surface area contributed by atoms with Gasteiger partial charge in [0, 0.05) is 20.2 Å². The van der Waals surface area contributed by atoms with Crippen molar-refractivity contribution in [2.75, 3.05) is 33.9 Å². The molecule has 6 heteroatoms. The molecular formula is C17H23ClN2O3. The molecule has 0 aromatic heterocycles. The zero-order valence-electron chi connectivity index (χ0n) is 13.4. The molecule has 126 valence electrons. The van der Waals surface area contributed by atoms with E-state index in [0.717, 1.165) is 22.1 Å². The number of carbonyl (C=O) groups excluding carboxylic acids is 1. The standard InChI is InChI=1S/C17H22N2O3.ClH/c1-21-8-7-18-12-17(20)19-11-13-3-4-15-10-16(22-2)6-5-14(15)9-13;/h3-6,9-10,18H,7-8,11-12H2,1-2H3,(H,19,20);1H. The third-order valence-electron chi connectivity index (χ3n) is 3.37. The van der Waals surface area contributed by atoms with E-state index in [-0.39, 0.29) is 18.3 Å². The van der Waals surface area contributed by atoms with E-state index in [1.165, 1.54) is 0 Å². The van der Waals surface area contributed by atoms with Gasteiger partial charge in [-0.15, -0.1) is 12.4 Å². The molecule has 0 radical (unpaired) electrons. The highest BCUT2D eigenvalue weighted by atomic mass is 35.5. The fraction of sp³-hybridized carbons (Fsp3) is 0.353. The fourth-order valence-corrected chi connectivity index (χ4v) is 2.15. The van der Waals surface area contributed by atoms with E-state index in [1.54, 1.807) is 14.2 Å². The maximum atomic E-state index is 11.7. The Morgan fingerprint density at radius 1 is 1.09 bits per heavy atom. The van der Waals surface area contributed by atoms with Crippen LogP contribution in [-0.2, 0) is 16.1 Å². The normalized spacial score (nSPS) is 10.2. The van der Waals surface area contributed by atoms with E-state index in [0.29, 0.717) is 26.2 Å². The lowest BCUT2D eigenvalue weighted by Crippen LogP contribution is -2.34.